The Hall–Kier alpha value is -2.04. The van der Waals surface area contributed by atoms with E-state index in [1.54, 1.807) is 7.11 Å². The third kappa shape index (κ3) is 4.77. The van der Waals surface area contributed by atoms with E-state index < -0.39 is 0 Å². The summed E-state index contributed by atoms with van der Waals surface area (Å²) < 4.78 is 5.15. The lowest BCUT2D eigenvalue weighted by atomic mass is 10.1. The molecule has 1 heterocycles. The predicted octanol–water partition coefficient (Wildman–Crippen LogP) is 2.93. The second kappa shape index (κ2) is 9.06. The third-order valence-electron chi connectivity index (χ3n) is 5.67. The molecule has 26 heavy (non-hydrogen) atoms. The number of rotatable bonds is 6. The number of carbonyl (C=O) groups excluding carboxylic acids is 2. The first-order valence-corrected chi connectivity index (χ1v) is 9.87. The number of likely N-dealkylation sites (tertiary alicyclic amines) is 1. The molecule has 0 radical (unpaired) electrons. The molecule has 0 spiro atoms. The minimum Gasteiger partial charge on any atom is -0.497 e. The highest BCUT2D eigenvalue weighted by Crippen LogP contribution is 2.28. The zero-order chi connectivity index (χ0) is 18.4. The maximum atomic E-state index is 12.5. The van der Waals surface area contributed by atoms with Gasteiger partial charge in [-0.15, -0.1) is 0 Å². The molecule has 0 aromatic heterocycles. The van der Waals surface area contributed by atoms with Gasteiger partial charge in [0.05, 0.1) is 13.0 Å². The lowest BCUT2D eigenvalue weighted by molar-refractivity contribution is -0.130. The number of ether oxygens (including phenoxy) is 1. The van der Waals surface area contributed by atoms with E-state index in [9.17, 15) is 9.59 Å². The van der Waals surface area contributed by atoms with Crippen LogP contribution in [0.15, 0.2) is 24.3 Å². The molecular formula is C21H30N2O3. The molecule has 1 N–H and O–H groups in total. The number of methoxy groups -OCH3 is 1. The van der Waals surface area contributed by atoms with Crippen LogP contribution in [0.2, 0.25) is 0 Å². The fourth-order valence-electron chi connectivity index (χ4n) is 4.10. The van der Waals surface area contributed by atoms with Crippen LogP contribution in [-0.2, 0) is 16.0 Å². The van der Waals surface area contributed by atoms with Crippen molar-refractivity contribution in [2.24, 2.45) is 5.92 Å². The Bertz CT molecular complexity index is 606. The van der Waals surface area contributed by atoms with Gasteiger partial charge >= 0.3 is 0 Å². The standard InChI is InChI=1S/C21H30N2O3/c1-26-19-10-8-16(9-11-19)12-13-22-21(25)17-14-20(24)23(15-17)18-6-4-2-3-5-7-18/h8-11,17-18H,2-7,12-15H2,1H3,(H,22,25). The van der Waals surface area contributed by atoms with Gasteiger partial charge in [-0.1, -0.05) is 37.8 Å². The van der Waals surface area contributed by atoms with E-state index in [1.807, 2.05) is 29.2 Å². The molecule has 1 atom stereocenters. The van der Waals surface area contributed by atoms with Crippen molar-refractivity contribution in [2.45, 2.75) is 57.4 Å². The van der Waals surface area contributed by atoms with Gasteiger partial charge in [-0.3, -0.25) is 9.59 Å². The normalized spacial score (nSPS) is 21.5. The van der Waals surface area contributed by atoms with Crippen LogP contribution in [-0.4, -0.2) is 43.0 Å². The SMILES string of the molecule is COc1ccc(CCNC(=O)C2CC(=O)N(C3CCCCCC3)C2)cc1. The Balaban J connectivity index is 1.45. The second-order valence-electron chi connectivity index (χ2n) is 7.48. The first-order chi connectivity index (χ1) is 12.7. The lowest BCUT2D eigenvalue weighted by Gasteiger charge is -2.27. The Morgan fingerprint density at radius 3 is 2.50 bits per heavy atom. The minimum atomic E-state index is -0.193. The molecule has 1 saturated heterocycles. The van der Waals surface area contributed by atoms with Crippen molar-refractivity contribution in [1.82, 2.24) is 10.2 Å². The van der Waals surface area contributed by atoms with Crippen LogP contribution in [0.1, 0.15) is 50.5 Å². The molecule has 1 aromatic rings. The largest absolute Gasteiger partial charge is 0.497 e. The first kappa shape index (κ1) is 18.7. The van der Waals surface area contributed by atoms with Crippen molar-refractivity contribution in [1.29, 1.82) is 0 Å². The molecule has 2 aliphatic rings. The summed E-state index contributed by atoms with van der Waals surface area (Å²) in [6.07, 6.45) is 8.28. The van der Waals surface area contributed by atoms with E-state index in [0.29, 0.717) is 25.6 Å². The summed E-state index contributed by atoms with van der Waals surface area (Å²) in [5, 5.41) is 3.01. The van der Waals surface area contributed by atoms with Gasteiger partial charge in [-0.05, 0) is 37.0 Å². The third-order valence-corrected chi connectivity index (χ3v) is 5.67. The van der Waals surface area contributed by atoms with E-state index in [2.05, 4.69) is 5.32 Å². The molecule has 5 heteroatoms. The average molecular weight is 358 g/mol. The van der Waals surface area contributed by atoms with Crippen LogP contribution >= 0.6 is 0 Å². The maximum Gasteiger partial charge on any atom is 0.225 e. The van der Waals surface area contributed by atoms with Crippen LogP contribution in [0.4, 0.5) is 0 Å². The van der Waals surface area contributed by atoms with Gasteiger partial charge < -0.3 is 15.0 Å². The molecule has 1 aliphatic carbocycles. The molecule has 142 valence electrons. The lowest BCUT2D eigenvalue weighted by Crippen LogP contribution is -2.38. The number of amides is 2. The van der Waals surface area contributed by atoms with E-state index in [-0.39, 0.29) is 17.7 Å². The zero-order valence-corrected chi connectivity index (χ0v) is 15.7. The van der Waals surface area contributed by atoms with Crippen molar-refractivity contribution in [3.05, 3.63) is 29.8 Å². The Morgan fingerprint density at radius 2 is 1.85 bits per heavy atom. The number of hydrogen-bond donors (Lipinski definition) is 1. The van der Waals surface area contributed by atoms with Crippen LogP contribution in [0, 0.1) is 5.92 Å². The van der Waals surface area contributed by atoms with Gasteiger partial charge in [0, 0.05) is 25.6 Å². The first-order valence-electron chi connectivity index (χ1n) is 9.87. The van der Waals surface area contributed by atoms with E-state index in [4.69, 9.17) is 4.74 Å². The van der Waals surface area contributed by atoms with Gasteiger partial charge in [-0.25, -0.2) is 0 Å². The molecule has 1 unspecified atom stereocenters. The molecule has 1 saturated carbocycles. The van der Waals surface area contributed by atoms with Crippen LogP contribution in [0.3, 0.4) is 0 Å². The smallest absolute Gasteiger partial charge is 0.225 e. The minimum absolute atomic E-state index is 0.0167. The fourth-order valence-corrected chi connectivity index (χ4v) is 4.10. The van der Waals surface area contributed by atoms with Crippen molar-refractivity contribution >= 4 is 11.8 Å². The fraction of sp³-hybridized carbons (Fsp3) is 0.619. The number of nitrogens with one attached hydrogen (secondary N) is 1. The van der Waals surface area contributed by atoms with Crippen LogP contribution < -0.4 is 10.1 Å². The highest BCUT2D eigenvalue weighted by atomic mass is 16.5. The number of carbonyl (C=O) groups is 2. The molecular weight excluding hydrogens is 328 g/mol. The van der Waals surface area contributed by atoms with E-state index in [0.717, 1.165) is 30.6 Å². The number of hydrogen-bond acceptors (Lipinski definition) is 3. The summed E-state index contributed by atoms with van der Waals surface area (Å²) >= 11 is 0. The van der Waals surface area contributed by atoms with Crippen LogP contribution in [0.5, 0.6) is 5.75 Å². The summed E-state index contributed by atoms with van der Waals surface area (Å²) in [7, 11) is 1.65. The summed E-state index contributed by atoms with van der Waals surface area (Å²) in [6.45, 7) is 1.19. The molecule has 2 fully saturated rings. The summed E-state index contributed by atoms with van der Waals surface area (Å²) in [5.41, 5.74) is 1.16. The topological polar surface area (TPSA) is 58.6 Å². The molecule has 0 bridgehead atoms. The Labute approximate surface area is 156 Å². The maximum absolute atomic E-state index is 12.5. The quantitative estimate of drug-likeness (QED) is 0.796. The molecule has 1 aliphatic heterocycles. The second-order valence-corrected chi connectivity index (χ2v) is 7.48. The van der Waals surface area contributed by atoms with Crippen molar-refractivity contribution in [2.75, 3.05) is 20.2 Å². The highest BCUT2D eigenvalue weighted by molar-refractivity contribution is 5.89. The highest BCUT2D eigenvalue weighted by Gasteiger charge is 2.37. The van der Waals surface area contributed by atoms with Crippen LogP contribution in [0.25, 0.3) is 0 Å². The summed E-state index contributed by atoms with van der Waals surface area (Å²) in [6, 6.07) is 8.23. The predicted molar refractivity (Wildman–Crippen MR) is 101 cm³/mol. The average Bonchev–Trinajstić information content (AvgIpc) is 2.87. The van der Waals surface area contributed by atoms with Crippen molar-refractivity contribution < 1.29 is 14.3 Å². The monoisotopic (exact) mass is 358 g/mol. The Kier molecular flexibility index (Phi) is 6.53. The summed E-state index contributed by atoms with van der Waals surface area (Å²) in [4.78, 5) is 26.8. The van der Waals surface area contributed by atoms with Gasteiger partial charge in [0.2, 0.25) is 11.8 Å². The Morgan fingerprint density at radius 1 is 1.15 bits per heavy atom. The molecule has 2 amide bonds. The molecule has 5 nitrogen and oxygen atoms in total. The van der Waals surface area contributed by atoms with E-state index in [1.165, 1.54) is 25.7 Å². The number of nitrogens with zero attached hydrogens (tertiary/aromatic N) is 1. The number of benzene rings is 1. The van der Waals surface area contributed by atoms with Gasteiger partial charge in [0.1, 0.15) is 5.75 Å². The van der Waals surface area contributed by atoms with E-state index >= 15 is 0 Å². The van der Waals surface area contributed by atoms with Crippen molar-refractivity contribution in [3.8, 4) is 5.75 Å². The van der Waals surface area contributed by atoms with Gasteiger partial charge in [-0.2, -0.15) is 0 Å². The van der Waals surface area contributed by atoms with Gasteiger partial charge in [0.15, 0.2) is 0 Å². The summed E-state index contributed by atoms with van der Waals surface area (Å²) in [5.74, 6) is 0.817. The molecule has 1 aromatic carbocycles. The molecule has 3 rings (SSSR count). The van der Waals surface area contributed by atoms with Crippen molar-refractivity contribution in [3.63, 3.8) is 0 Å². The van der Waals surface area contributed by atoms with Gasteiger partial charge in [0.25, 0.3) is 0 Å². The zero-order valence-electron chi connectivity index (χ0n) is 15.7.